The van der Waals surface area contributed by atoms with Crippen LogP contribution in [0.25, 0.3) is 11.0 Å². The average Bonchev–Trinajstić information content (AvgIpc) is 3.41. The Labute approximate surface area is 175 Å². The summed E-state index contributed by atoms with van der Waals surface area (Å²) < 4.78 is 7.54. The van der Waals surface area contributed by atoms with Gasteiger partial charge in [0.15, 0.2) is 0 Å². The number of fused-ring (bicyclic) bond motifs is 1. The van der Waals surface area contributed by atoms with E-state index in [9.17, 15) is 9.59 Å². The fourth-order valence-electron chi connectivity index (χ4n) is 3.84. The summed E-state index contributed by atoms with van der Waals surface area (Å²) in [6.45, 7) is 3.86. The summed E-state index contributed by atoms with van der Waals surface area (Å²) in [5.74, 6) is 0.553. The van der Waals surface area contributed by atoms with Gasteiger partial charge in [0.1, 0.15) is 11.9 Å². The SMILES string of the molecule is CCn1c(CN(C)C(=O)c2cccc(NC(=O)C3CCCO3)c2)nc2ccccc21. The fraction of sp³-hybridized carbons (Fsp3) is 0.348. The van der Waals surface area contributed by atoms with Crippen molar-refractivity contribution in [2.45, 2.75) is 39.0 Å². The number of aromatic nitrogens is 2. The maximum atomic E-state index is 13.0. The minimum absolute atomic E-state index is 0.127. The van der Waals surface area contributed by atoms with Crippen LogP contribution in [0.5, 0.6) is 0 Å². The average molecular weight is 406 g/mol. The molecule has 1 aromatic heterocycles. The van der Waals surface area contributed by atoms with Crippen LogP contribution in [0.2, 0.25) is 0 Å². The Kier molecular flexibility index (Phi) is 5.81. The number of carbonyl (C=O) groups excluding carboxylic acids is 2. The minimum atomic E-state index is -0.408. The van der Waals surface area contributed by atoms with Gasteiger partial charge in [0.2, 0.25) is 0 Å². The standard InChI is InChI=1S/C23H26N4O3/c1-3-27-19-11-5-4-10-18(19)25-21(27)15-26(2)23(29)16-8-6-9-17(14-16)24-22(28)20-12-7-13-30-20/h4-6,8-11,14,20H,3,7,12-13,15H2,1-2H3,(H,24,28). The maximum absolute atomic E-state index is 13.0. The van der Waals surface area contributed by atoms with Crippen LogP contribution in [-0.2, 0) is 22.6 Å². The molecule has 0 saturated carbocycles. The van der Waals surface area contributed by atoms with Crippen molar-refractivity contribution in [1.29, 1.82) is 0 Å². The van der Waals surface area contributed by atoms with Crippen LogP contribution in [-0.4, -0.2) is 46.0 Å². The molecule has 1 N–H and O–H groups in total. The topological polar surface area (TPSA) is 76.5 Å². The second kappa shape index (κ2) is 8.67. The molecule has 1 aliphatic rings. The number of nitrogens with zero attached hydrogens (tertiary/aromatic N) is 3. The van der Waals surface area contributed by atoms with E-state index >= 15 is 0 Å². The lowest BCUT2D eigenvalue weighted by atomic mass is 10.1. The second-order valence-corrected chi connectivity index (χ2v) is 7.49. The Balaban J connectivity index is 1.48. The minimum Gasteiger partial charge on any atom is -0.368 e. The monoisotopic (exact) mass is 406 g/mol. The molecule has 0 bridgehead atoms. The predicted octanol–water partition coefficient (Wildman–Crippen LogP) is 3.45. The van der Waals surface area contributed by atoms with E-state index in [0.29, 0.717) is 24.4 Å². The molecule has 7 nitrogen and oxygen atoms in total. The van der Waals surface area contributed by atoms with Crippen molar-refractivity contribution < 1.29 is 14.3 Å². The van der Waals surface area contributed by atoms with Gasteiger partial charge in [-0.05, 0) is 50.1 Å². The first-order valence-corrected chi connectivity index (χ1v) is 10.3. The summed E-state index contributed by atoms with van der Waals surface area (Å²) in [6, 6.07) is 15.0. The normalized spacial score (nSPS) is 16.0. The van der Waals surface area contributed by atoms with Gasteiger partial charge in [0, 0.05) is 31.5 Å². The van der Waals surface area contributed by atoms with Gasteiger partial charge in [-0.1, -0.05) is 18.2 Å². The molecule has 2 heterocycles. The van der Waals surface area contributed by atoms with Crippen LogP contribution >= 0.6 is 0 Å². The number of carbonyl (C=O) groups is 2. The molecule has 1 aliphatic heterocycles. The fourth-order valence-corrected chi connectivity index (χ4v) is 3.84. The summed E-state index contributed by atoms with van der Waals surface area (Å²) in [6.07, 6.45) is 1.21. The van der Waals surface area contributed by atoms with Crippen molar-refractivity contribution in [1.82, 2.24) is 14.5 Å². The molecular weight excluding hydrogens is 380 g/mol. The zero-order valence-electron chi connectivity index (χ0n) is 17.3. The van der Waals surface area contributed by atoms with E-state index in [1.165, 1.54) is 0 Å². The maximum Gasteiger partial charge on any atom is 0.254 e. The lowest BCUT2D eigenvalue weighted by Gasteiger charge is -2.18. The lowest BCUT2D eigenvalue weighted by molar-refractivity contribution is -0.124. The molecule has 0 spiro atoms. The zero-order chi connectivity index (χ0) is 21.1. The Morgan fingerprint density at radius 1 is 1.23 bits per heavy atom. The van der Waals surface area contributed by atoms with Crippen molar-refractivity contribution >= 4 is 28.5 Å². The van der Waals surface area contributed by atoms with Crippen LogP contribution in [0.4, 0.5) is 5.69 Å². The second-order valence-electron chi connectivity index (χ2n) is 7.49. The molecule has 0 radical (unpaired) electrons. The van der Waals surface area contributed by atoms with Gasteiger partial charge in [-0.3, -0.25) is 9.59 Å². The highest BCUT2D eigenvalue weighted by molar-refractivity contribution is 5.98. The Bertz CT molecular complexity index is 1070. The number of ether oxygens (including phenoxy) is 1. The molecule has 1 saturated heterocycles. The van der Waals surface area contributed by atoms with E-state index in [2.05, 4.69) is 16.8 Å². The van der Waals surface area contributed by atoms with E-state index < -0.39 is 6.10 Å². The highest BCUT2D eigenvalue weighted by Gasteiger charge is 2.24. The molecule has 1 fully saturated rings. The summed E-state index contributed by atoms with van der Waals surface area (Å²) in [5.41, 5.74) is 3.10. The number of amides is 2. The van der Waals surface area contributed by atoms with Crippen molar-refractivity contribution in [2.75, 3.05) is 19.0 Å². The smallest absolute Gasteiger partial charge is 0.254 e. The number of hydrogen-bond acceptors (Lipinski definition) is 4. The first-order valence-electron chi connectivity index (χ1n) is 10.3. The van der Waals surface area contributed by atoms with Crippen molar-refractivity contribution in [3.63, 3.8) is 0 Å². The molecule has 30 heavy (non-hydrogen) atoms. The van der Waals surface area contributed by atoms with Crippen LogP contribution in [0, 0.1) is 0 Å². The highest BCUT2D eigenvalue weighted by atomic mass is 16.5. The summed E-state index contributed by atoms with van der Waals surface area (Å²) in [7, 11) is 1.76. The van der Waals surface area contributed by atoms with Gasteiger partial charge >= 0.3 is 0 Å². The molecule has 2 aromatic carbocycles. The van der Waals surface area contributed by atoms with Crippen molar-refractivity contribution in [3.05, 3.63) is 59.9 Å². The van der Waals surface area contributed by atoms with Gasteiger partial charge in [-0.2, -0.15) is 0 Å². The van der Waals surface area contributed by atoms with E-state index in [1.54, 1.807) is 36.2 Å². The molecule has 4 rings (SSSR count). The Morgan fingerprint density at radius 2 is 2.07 bits per heavy atom. The zero-order valence-corrected chi connectivity index (χ0v) is 17.3. The number of nitrogens with one attached hydrogen (secondary N) is 1. The predicted molar refractivity (Wildman–Crippen MR) is 115 cm³/mol. The number of hydrogen-bond donors (Lipinski definition) is 1. The molecule has 1 atom stereocenters. The van der Waals surface area contributed by atoms with Gasteiger partial charge in [-0.15, -0.1) is 0 Å². The van der Waals surface area contributed by atoms with Crippen LogP contribution in [0.3, 0.4) is 0 Å². The van der Waals surface area contributed by atoms with Gasteiger partial charge in [0.25, 0.3) is 11.8 Å². The van der Waals surface area contributed by atoms with Gasteiger partial charge in [0.05, 0.1) is 17.6 Å². The van der Waals surface area contributed by atoms with E-state index in [1.807, 2.05) is 24.3 Å². The van der Waals surface area contributed by atoms with E-state index in [4.69, 9.17) is 9.72 Å². The lowest BCUT2D eigenvalue weighted by Crippen LogP contribution is -2.28. The number of aryl methyl sites for hydroxylation is 1. The highest BCUT2D eigenvalue weighted by Crippen LogP contribution is 2.19. The summed E-state index contributed by atoms with van der Waals surface area (Å²) in [4.78, 5) is 31.6. The van der Waals surface area contributed by atoms with Crippen LogP contribution in [0.1, 0.15) is 35.9 Å². The van der Waals surface area contributed by atoms with E-state index in [0.717, 1.165) is 36.2 Å². The molecule has 156 valence electrons. The molecular formula is C23H26N4O3. The van der Waals surface area contributed by atoms with Crippen LogP contribution in [0.15, 0.2) is 48.5 Å². The summed E-state index contributed by atoms with van der Waals surface area (Å²) in [5, 5.41) is 2.85. The van der Waals surface area contributed by atoms with Gasteiger partial charge in [-0.25, -0.2) is 4.98 Å². The van der Waals surface area contributed by atoms with Gasteiger partial charge < -0.3 is 19.5 Å². The molecule has 1 unspecified atom stereocenters. The number of anilines is 1. The number of para-hydroxylation sites is 2. The third-order valence-corrected chi connectivity index (χ3v) is 5.37. The van der Waals surface area contributed by atoms with E-state index in [-0.39, 0.29) is 11.8 Å². The first-order chi connectivity index (χ1) is 14.6. The van der Waals surface area contributed by atoms with Crippen molar-refractivity contribution in [3.8, 4) is 0 Å². The molecule has 0 aliphatic carbocycles. The number of imidazole rings is 1. The molecule has 7 heteroatoms. The third-order valence-electron chi connectivity index (χ3n) is 5.37. The summed E-state index contributed by atoms with van der Waals surface area (Å²) >= 11 is 0. The van der Waals surface area contributed by atoms with Crippen LogP contribution < -0.4 is 5.32 Å². The largest absolute Gasteiger partial charge is 0.368 e. The third kappa shape index (κ3) is 4.07. The number of rotatable bonds is 6. The molecule has 2 amide bonds. The molecule has 3 aromatic rings. The Hall–Kier alpha value is -3.19. The quantitative estimate of drug-likeness (QED) is 0.680. The number of benzene rings is 2. The Morgan fingerprint density at radius 3 is 2.83 bits per heavy atom. The first kappa shape index (κ1) is 20.1. The van der Waals surface area contributed by atoms with Crippen molar-refractivity contribution in [2.24, 2.45) is 0 Å².